The number of rotatable bonds is 7. The number of piperazine rings is 2. The lowest BCUT2D eigenvalue weighted by atomic mass is 10.0. The Morgan fingerprint density at radius 1 is 0.929 bits per heavy atom. The van der Waals surface area contributed by atoms with Crippen molar-refractivity contribution in [3.05, 3.63) is 18.0 Å². The van der Waals surface area contributed by atoms with Crippen molar-refractivity contribution in [2.45, 2.75) is 59.2 Å². The molecule has 0 aromatic carbocycles. The van der Waals surface area contributed by atoms with Crippen molar-refractivity contribution < 1.29 is 0 Å². The van der Waals surface area contributed by atoms with Crippen molar-refractivity contribution in [1.82, 2.24) is 24.7 Å². The van der Waals surface area contributed by atoms with Gasteiger partial charge in [-0.2, -0.15) is 0 Å². The maximum absolute atomic E-state index is 4.80. The van der Waals surface area contributed by atoms with Crippen molar-refractivity contribution in [1.29, 1.82) is 0 Å². The van der Waals surface area contributed by atoms with Crippen LogP contribution in [-0.2, 0) is 6.54 Å². The van der Waals surface area contributed by atoms with E-state index in [0.717, 1.165) is 57.4 Å². The van der Waals surface area contributed by atoms with Crippen LogP contribution in [0.15, 0.2) is 12.4 Å². The van der Waals surface area contributed by atoms with Gasteiger partial charge in [-0.1, -0.05) is 27.7 Å². The molecular weight excluding hydrogens is 348 g/mol. The van der Waals surface area contributed by atoms with Crippen molar-refractivity contribution in [2.24, 2.45) is 5.92 Å². The summed E-state index contributed by atoms with van der Waals surface area (Å²) >= 11 is 0. The highest BCUT2D eigenvalue weighted by molar-refractivity contribution is 5.35. The van der Waals surface area contributed by atoms with Gasteiger partial charge < -0.3 is 14.7 Å². The molecule has 158 valence electrons. The summed E-state index contributed by atoms with van der Waals surface area (Å²) in [5.74, 6) is 1.67. The largest absolute Gasteiger partial charge is 0.332 e. The van der Waals surface area contributed by atoms with Gasteiger partial charge in [0.25, 0.3) is 0 Å². The first-order valence-electron chi connectivity index (χ1n) is 11.2. The highest BCUT2D eigenvalue weighted by Crippen LogP contribution is 2.24. The molecule has 0 N–H and O–H groups in total. The van der Waals surface area contributed by atoms with Gasteiger partial charge in [0, 0.05) is 82.4 Å². The normalized spacial score (nSPS) is 25.6. The first kappa shape index (κ1) is 21.5. The van der Waals surface area contributed by atoms with E-state index in [1.807, 2.05) is 0 Å². The van der Waals surface area contributed by atoms with Gasteiger partial charge in [-0.3, -0.25) is 4.90 Å². The fraction of sp³-hybridized carbons (Fsp3) is 0.818. The average Bonchev–Trinajstić information content (AvgIpc) is 2.69. The quantitative estimate of drug-likeness (QED) is 0.715. The van der Waals surface area contributed by atoms with E-state index in [1.165, 1.54) is 25.2 Å². The molecule has 0 aliphatic carbocycles. The Kier molecular flexibility index (Phi) is 7.66. The van der Waals surface area contributed by atoms with E-state index in [2.05, 4.69) is 66.7 Å². The highest BCUT2D eigenvalue weighted by Gasteiger charge is 2.32. The third-order valence-corrected chi connectivity index (χ3v) is 6.19. The topological polar surface area (TPSA) is 38.7 Å². The predicted octanol–water partition coefficient (Wildman–Crippen LogP) is 2.56. The minimum atomic E-state index is 0.503. The Bertz CT molecular complexity index is 567. The van der Waals surface area contributed by atoms with Crippen LogP contribution >= 0.6 is 0 Å². The molecule has 2 aliphatic heterocycles. The number of aromatic nitrogens is 2. The lowest BCUT2D eigenvalue weighted by Crippen LogP contribution is -2.58. The van der Waals surface area contributed by atoms with Crippen LogP contribution in [0.1, 0.15) is 46.1 Å². The molecule has 2 unspecified atom stereocenters. The first-order valence-corrected chi connectivity index (χ1v) is 11.2. The van der Waals surface area contributed by atoms with Crippen molar-refractivity contribution in [3.63, 3.8) is 0 Å². The summed E-state index contributed by atoms with van der Waals surface area (Å²) in [5.41, 5.74) is 1.23. The summed E-state index contributed by atoms with van der Waals surface area (Å²) in [5, 5.41) is 0. The zero-order chi connectivity index (χ0) is 20.1. The highest BCUT2D eigenvalue weighted by atomic mass is 15.4. The molecular formula is C22H40N6. The number of nitrogens with zero attached hydrogens (tertiary/aromatic N) is 6. The summed E-state index contributed by atoms with van der Waals surface area (Å²) < 4.78 is 0. The van der Waals surface area contributed by atoms with E-state index >= 15 is 0 Å². The van der Waals surface area contributed by atoms with Crippen LogP contribution in [0.4, 0.5) is 5.95 Å². The number of hydrogen-bond acceptors (Lipinski definition) is 6. The summed E-state index contributed by atoms with van der Waals surface area (Å²) in [6, 6.07) is 1.01. The fourth-order valence-electron chi connectivity index (χ4n) is 4.71. The molecule has 1 aromatic rings. The monoisotopic (exact) mass is 388 g/mol. The van der Waals surface area contributed by atoms with Gasteiger partial charge in [-0.05, 0) is 25.8 Å². The number of likely N-dealkylation sites (N-methyl/N-ethyl adjacent to an activating group) is 1. The second kappa shape index (κ2) is 9.99. The third kappa shape index (κ3) is 5.43. The van der Waals surface area contributed by atoms with Crippen LogP contribution in [0.25, 0.3) is 0 Å². The first-order chi connectivity index (χ1) is 13.5. The summed E-state index contributed by atoms with van der Waals surface area (Å²) in [4.78, 5) is 19.7. The van der Waals surface area contributed by atoms with E-state index in [0.29, 0.717) is 12.1 Å². The molecule has 2 saturated heterocycles. The molecule has 6 heteroatoms. The van der Waals surface area contributed by atoms with Gasteiger partial charge in [0.2, 0.25) is 5.95 Å². The van der Waals surface area contributed by atoms with Gasteiger partial charge in [0.05, 0.1) is 0 Å². The Hall–Kier alpha value is -1.24. The fourth-order valence-corrected chi connectivity index (χ4v) is 4.71. The second-order valence-corrected chi connectivity index (χ2v) is 9.11. The lowest BCUT2D eigenvalue weighted by molar-refractivity contribution is 0.117. The molecule has 0 radical (unpaired) electrons. The van der Waals surface area contributed by atoms with Crippen LogP contribution in [-0.4, -0.2) is 89.6 Å². The SMILES string of the molecule is CCC1CN(C)CC(CC)N1c1ncc(CN2CCN(CC(C)C)CC2)cn1. The lowest BCUT2D eigenvalue weighted by Gasteiger charge is -2.45. The van der Waals surface area contributed by atoms with Gasteiger partial charge in [0.15, 0.2) is 0 Å². The zero-order valence-corrected chi connectivity index (χ0v) is 18.6. The molecule has 0 bridgehead atoms. The van der Waals surface area contributed by atoms with Crippen LogP contribution in [0, 0.1) is 5.92 Å². The van der Waals surface area contributed by atoms with Crippen LogP contribution in [0.2, 0.25) is 0 Å². The molecule has 2 aliphatic rings. The molecule has 0 saturated carbocycles. The molecule has 3 rings (SSSR count). The van der Waals surface area contributed by atoms with E-state index in [4.69, 9.17) is 9.97 Å². The second-order valence-electron chi connectivity index (χ2n) is 9.11. The van der Waals surface area contributed by atoms with E-state index in [1.54, 1.807) is 0 Å². The van der Waals surface area contributed by atoms with Crippen LogP contribution < -0.4 is 4.90 Å². The minimum absolute atomic E-state index is 0.503. The van der Waals surface area contributed by atoms with E-state index in [-0.39, 0.29) is 0 Å². The van der Waals surface area contributed by atoms with Gasteiger partial charge in [-0.15, -0.1) is 0 Å². The third-order valence-electron chi connectivity index (χ3n) is 6.19. The molecule has 0 spiro atoms. The van der Waals surface area contributed by atoms with E-state index < -0.39 is 0 Å². The number of hydrogen-bond donors (Lipinski definition) is 0. The predicted molar refractivity (Wildman–Crippen MR) is 117 cm³/mol. The van der Waals surface area contributed by atoms with Gasteiger partial charge in [0.1, 0.15) is 0 Å². The molecule has 0 amide bonds. The smallest absolute Gasteiger partial charge is 0.225 e. The molecule has 2 fully saturated rings. The average molecular weight is 389 g/mol. The molecule has 1 aromatic heterocycles. The van der Waals surface area contributed by atoms with Crippen molar-refractivity contribution >= 4 is 5.95 Å². The Labute approximate surface area is 171 Å². The summed E-state index contributed by atoms with van der Waals surface area (Å²) in [6.07, 6.45) is 6.38. The van der Waals surface area contributed by atoms with Crippen molar-refractivity contribution in [2.75, 3.05) is 57.8 Å². The molecule has 2 atom stereocenters. The maximum Gasteiger partial charge on any atom is 0.225 e. The molecule has 3 heterocycles. The minimum Gasteiger partial charge on any atom is -0.332 e. The number of anilines is 1. The summed E-state index contributed by atoms with van der Waals surface area (Å²) in [6.45, 7) is 18.2. The Morgan fingerprint density at radius 3 is 1.96 bits per heavy atom. The van der Waals surface area contributed by atoms with Crippen LogP contribution in [0.3, 0.4) is 0 Å². The zero-order valence-electron chi connectivity index (χ0n) is 18.6. The van der Waals surface area contributed by atoms with Gasteiger partial charge >= 0.3 is 0 Å². The van der Waals surface area contributed by atoms with Crippen molar-refractivity contribution in [3.8, 4) is 0 Å². The molecule has 6 nitrogen and oxygen atoms in total. The van der Waals surface area contributed by atoms with Gasteiger partial charge in [-0.25, -0.2) is 9.97 Å². The maximum atomic E-state index is 4.80. The standard InChI is InChI=1S/C22H40N6/c1-6-20-16-25(5)17-21(7-2)28(20)22-23-12-19(13-24-22)15-27-10-8-26(9-11-27)14-18(3)4/h12-13,18,20-21H,6-11,14-17H2,1-5H3. The Balaban J connectivity index is 1.59. The summed E-state index contributed by atoms with van der Waals surface area (Å²) in [7, 11) is 2.23. The van der Waals surface area contributed by atoms with E-state index in [9.17, 15) is 0 Å². The van der Waals surface area contributed by atoms with Crippen LogP contribution in [0.5, 0.6) is 0 Å². The Morgan fingerprint density at radius 2 is 1.46 bits per heavy atom. The molecule has 28 heavy (non-hydrogen) atoms.